The Morgan fingerprint density at radius 3 is 2.64 bits per heavy atom. The van der Waals surface area contributed by atoms with Gasteiger partial charge in [-0.1, -0.05) is 19.4 Å². The average Bonchev–Trinajstić information content (AvgIpc) is 2.89. The lowest BCUT2D eigenvalue weighted by Gasteiger charge is -2.60. The molecule has 4 aliphatic carbocycles. The Labute approximate surface area is 150 Å². The summed E-state index contributed by atoms with van der Waals surface area (Å²) in [5.41, 5.74) is 2.08. The quantitative estimate of drug-likeness (QED) is 0.406. The number of ether oxygens (including phenoxy) is 1. The molecule has 0 radical (unpaired) electrons. The molecule has 7 atom stereocenters. The maximum absolute atomic E-state index is 11.2. The highest BCUT2D eigenvalue weighted by Crippen LogP contribution is 2.65. The minimum atomic E-state index is -0.814. The van der Waals surface area contributed by atoms with E-state index in [1.54, 1.807) is 7.11 Å². The Balaban J connectivity index is 1.72. The van der Waals surface area contributed by atoms with Gasteiger partial charge in [0, 0.05) is 24.7 Å². The standard InChI is InChI=1S/C20H32N2O3/c1-18-8-9-20(24-3,25-22)10-12(18)4-5-13-14-6-7-16(21)19(14,2)11-15(23)17(13)18/h10,13-15,17,21,23H,4-9,11,22H2,1-3H3/t13?,14?,15-,17?,18?,19?,20?/m1/s1. The molecule has 0 spiro atoms. The summed E-state index contributed by atoms with van der Waals surface area (Å²) < 4.78 is 5.57. The van der Waals surface area contributed by atoms with Crippen LogP contribution >= 0.6 is 0 Å². The third kappa shape index (κ3) is 2.25. The lowest BCUT2D eigenvalue weighted by Crippen LogP contribution is -2.57. The zero-order chi connectivity index (χ0) is 18.0. The first kappa shape index (κ1) is 17.7. The van der Waals surface area contributed by atoms with E-state index in [4.69, 9.17) is 20.9 Å². The van der Waals surface area contributed by atoms with Gasteiger partial charge >= 0.3 is 0 Å². The van der Waals surface area contributed by atoms with Crippen molar-refractivity contribution in [3.8, 4) is 0 Å². The van der Waals surface area contributed by atoms with Gasteiger partial charge in [0.1, 0.15) is 0 Å². The number of fused-ring (bicyclic) bond motifs is 5. The molecular formula is C20H32N2O3. The van der Waals surface area contributed by atoms with Gasteiger partial charge in [-0.2, -0.15) is 0 Å². The molecule has 3 saturated carbocycles. The zero-order valence-corrected chi connectivity index (χ0v) is 15.7. The minimum absolute atomic E-state index is 0.0188. The van der Waals surface area contributed by atoms with Crippen molar-refractivity contribution in [2.45, 2.75) is 70.7 Å². The summed E-state index contributed by atoms with van der Waals surface area (Å²) in [4.78, 5) is 5.20. The fourth-order valence-electron chi connectivity index (χ4n) is 6.92. The van der Waals surface area contributed by atoms with Crippen LogP contribution in [-0.2, 0) is 9.57 Å². The second kappa shape index (κ2) is 5.62. The number of nitrogens with one attached hydrogen (secondary N) is 1. The molecule has 0 heterocycles. The van der Waals surface area contributed by atoms with E-state index < -0.39 is 5.79 Å². The van der Waals surface area contributed by atoms with Gasteiger partial charge in [0.2, 0.25) is 5.79 Å². The van der Waals surface area contributed by atoms with Gasteiger partial charge in [-0.3, -0.25) is 4.84 Å². The van der Waals surface area contributed by atoms with Crippen LogP contribution in [0.15, 0.2) is 11.6 Å². The average molecular weight is 348 g/mol. The molecule has 25 heavy (non-hydrogen) atoms. The number of nitrogens with two attached hydrogens (primary N) is 1. The van der Waals surface area contributed by atoms with Crippen molar-refractivity contribution in [1.29, 1.82) is 5.41 Å². The van der Waals surface area contributed by atoms with Crippen LogP contribution in [0.4, 0.5) is 0 Å². The van der Waals surface area contributed by atoms with Crippen LogP contribution in [0.2, 0.25) is 0 Å². The Hall–Kier alpha value is -0.750. The number of allylic oxidation sites excluding steroid dienone is 1. The summed E-state index contributed by atoms with van der Waals surface area (Å²) >= 11 is 0. The summed E-state index contributed by atoms with van der Waals surface area (Å²) in [5.74, 6) is 6.04. The lowest BCUT2D eigenvalue weighted by molar-refractivity contribution is -0.211. The molecule has 140 valence electrons. The molecule has 0 bridgehead atoms. The Bertz CT molecular complexity index is 614. The molecule has 0 aromatic heterocycles. The summed E-state index contributed by atoms with van der Waals surface area (Å²) in [6, 6.07) is 0. The van der Waals surface area contributed by atoms with Gasteiger partial charge in [0.15, 0.2) is 0 Å². The molecule has 0 aliphatic heterocycles. The van der Waals surface area contributed by atoms with E-state index in [-0.39, 0.29) is 22.9 Å². The summed E-state index contributed by atoms with van der Waals surface area (Å²) in [7, 11) is 1.64. The van der Waals surface area contributed by atoms with Crippen molar-refractivity contribution in [3.05, 3.63) is 11.6 Å². The molecule has 0 amide bonds. The highest BCUT2D eigenvalue weighted by atomic mass is 16.8. The van der Waals surface area contributed by atoms with Gasteiger partial charge < -0.3 is 15.3 Å². The number of aliphatic hydroxyl groups excluding tert-OH is 1. The predicted molar refractivity (Wildman–Crippen MR) is 95.8 cm³/mol. The van der Waals surface area contributed by atoms with Crippen molar-refractivity contribution in [2.75, 3.05) is 7.11 Å². The van der Waals surface area contributed by atoms with E-state index in [1.165, 1.54) is 5.57 Å². The second-order valence-electron chi connectivity index (χ2n) is 9.26. The fourth-order valence-corrected chi connectivity index (χ4v) is 6.92. The molecule has 5 nitrogen and oxygen atoms in total. The molecule has 4 aliphatic rings. The summed E-state index contributed by atoms with van der Waals surface area (Å²) in [6.45, 7) is 4.54. The molecule has 6 unspecified atom stereocenters. The van der Waals surface area contributed by atoms with Crippen molar-refractivity contribution >= 4 is 5.71 Å². The van der Waals surface area contributed by atoms with E-state index in [2.05, 4.69) is 19.9 Å². The van der Waals surface area contributed by atoms with Gasteiger partial charge in [0.05, 0.1) is 6.10 Å². The van der Waals surface area contributed by atoms with E-state index in [1.807, 2.05) is 0 Å². The number of hydrogen-bond acceptors (Lipinski definition) is 5. The SMILES string of the molecule is COC1(ON)C=C2CCC3C4CCC(=N)C4(C)C[C@@H](O)C3C2(C)CC1. The van der Waals surface area contributed by atoms with Crippen LogP contribution in [0.5, 0.6) is 0 Å². The predicted octanol–water partition coefficient (Wildman–Crippen LogP) is 3.17. The molecular weight excluding hydrogens is 316 g/mol. The Kier molecular flexibility index (Phi) is 3.97. The van der Waals surface area contributed by atoms with Gasteiger partial charge in [-0.15, -0.1) is 0 Å². The van der Waals surface area contributed by atoms with Crippen LogP contribution in [0.3, 0.4) is 0 Å². The van der Waals surface area contributed by atoms with Gasteiger partial charge in [-0.25, -0.2) is 5.90 Å². The van der Waals surface area contributed by atoms with Crippen molar-refractivity contribution in [2.24, 2.45) is 34.5 Å². The Morgan fingerprint density at radius 2 is 1.96 bits per heavy atom. The van der Waals surface area contributed by atoms with Crippen molar-refractivity contribution in [1.82, 2.24) is 0 Å². The normalized spacial score (nSPS) is 52.2. The second-order valence-corrected chi connectivity index (χ2v) is 9.26. The first-order chi connectivity index (χ1) is 11.8. The summed E-state index contributed by atoms with van der Waals surface area (Å²) in [5, 5.41) is 19.6. The summed E-state index contributed by atoms with van der Waals surface area (Å²) in [6.07, 6.45) is 8.24. The maximum atomic E-state index is 11.2. The van der Waals surface area contributed by atoms with Crippen molar-refractivity contribution < 1.29 is 14.7 Å². The topological polar surface area (TPSA) is 88.6 Å². The van der Waals surface area contributed by atoms with Crippen LogP contribution in [-0.4, -0.2) is 29.8 Å². The highest BCUT2D eigenvalue weighted by molar-refractivity contribution is 5.89. The maximum Gasteiger partial charge on any atom is 0.206 e. The molecule has 5 heteroatoms. The fraction of sp³-hybridized carbons (Fsp3) is 0.850. The van der Waals surface area contributed by atoms with E-state index >= 15 is 0 Å². The third-order valence-electron chi connectivity index (χ3n) is 8.39. The molecule has 3 fully saturated rings. The first-order valence-electron chi connectivity index (χ1n) is 9.71. The number of rotatable bonds is 2. The molecule has 0 aromatic carbocycles. The van der Waals surface area contributed by atoms with Gasteiger partial charge in [-0.05, 0) is 67.8 Å². The van der Waals surface area contributed by atoms with E-state index in [0.29, 0.717) is 18.3 Å². The molecule has 0 saturated heterocycles. The largest absolute Gasteiger partial charge is 0.393 e. The molecule has 4 N–H and O–H groups in total. The van der Waals surface area contributed by atoms with Crippen molar-refractivity contribution in [3.63, 3.8) is 0 Å². The number of methoxy groups -OCH3 is 1. The van der Waals surface area contributed by atoms with Gasteiger partial charge in [0.25, 0.3) is 0 Å². The number of hydrogen-bond donors (Lipinski definition) is 3. The third-order valence-corrected chi connectivity index (χ3v) is 8.39. The minimum Gasteiger partial charge on any atom is -0.393 e. The zero-order valence-electron chi connectivity index (χ0n) is 15.7. The molecule has 4 rings (SSSR count). The smallest absolute Gasteiger partial charge is 0.206 e. The van der Waals surface area contributed by atoms with E-state index in [0.717, 1.165) is 44.2 Å². The number of aliphatic hydroxyl groups is 1. The monoisotopic (exact) mass is 348 g/mol. The highest BCUT2D eigenvalue weighted by Gasteiger charge is 2.61. The van der Waals surface area contributed by atoms with Crippen LogP contribution in [0.25, 0.3) is 0 Å². The molecule has 0 aromatic rings. The lowest BCUT2D eigenvalue weighted by atomic mass is 9.46. The van der Waals surface area contributed by atoms with Crippen LogP contribution in [0, 0.1) is 34.0 Å². The Morgan fingerprint density at radius 1 is 1.20 bits per heavy atom. The van der Waals surface area contributed by atoms with E-state index in [9.17, 15) is 5.11 Å². The van der Waals surface area contributed by atoms with Crippen LogP contribution in [0.1, 0.15) is 58.8 Å². The van der Waals surface area contributed by atoms with Crippen LogP contribution < -0.4 is 5.90 Å². The first-order valence-corrected chi connectivity index (χ1v) is 9.71.